The van der Waals surface area contributed by atoms with Crippen molar-refractivity contribution in [2.45, 2.75) is 13.3 Å². The Kier molecular flexibility index (Phi) is 2.97. The van der Waals surface area contributed by atoms with Crippen LogP contribution in [0.1, 0.15) is 13.3 Å². The molecule has 0 heterocycles. The minimum atomic E-state index is -3.34. The van der Waals surface area contributed by atoms with E-state index in [4.69, 9.17) is 0 Å². The zero-order valence-corrected chi connectivity index (χ0v) is 5.54. The fraction of sp³-hybridized carbons (Fsp3) is 1.00. The highest BCUT2D eigenvalue weighted by Gasteiger charge is 2.05. The van der Waals surface area contributed by atoms with Crippen molar-refractivity contribution in [3.8, 4) is 0 Å². The second-order valence-corrected chi connectivity index (χ2v) is 3.67. The molecule has 0 aromatic rings. The summed E-state index contributed by atoms with van der Waals surface area (Å²) in [6.07, 6.45) is 0.492. The summed E-state index contributed by atoms with van der Waals surface area (Å²) in [5.41, 5.74) is 0. The molecule has 0 aromatic carbocycles. The second-order valence-electron chi connectivity index (χ2n) is 1.56. The first-order chi connectivity index (χ1) is 3.62. The van der Waals surface area contributed by atoms with Crippen LogP contribution in [0.5, 0.6) is 0 Å². The molecule has 0 fully saturated rings. The summed E-state index contributed by atoms with van der Waals surface area (Å²) in [5, 5.41) is 0. The van der Waals surface area contributed by atoms with Gasteiger partial charge < -0.3 is 0 Å². The number of alkyl halides is 1. The summed E-state index contributed by atoms with van der Waals surface area (Å²) in [5.74, 6) is -0.0382. The second kappa shape index (κ2) is 3.02. The SMILES string of the molecule is CCCS(=O)(=O)CF. The molecule has 0 amide bonds. The monoisotopic (exact) mass is 140 g/mol. The summed E-state index contributed by atoms with van der Waals surface area (Å²) in [6.45, 7) is 1.70. The molecule has 50 valence electrons. The van der Waals surface area contributed by atoms with Crippen LogP contribution >= 0.6 is 0 Å². The van der Waals surface area contributed by atoms with Crippen LogP contribution in [-0.2, 0) is 9.84 Å². The lowest BCUT2D eigenvalue weighted by atomic mass is 10.6. The van der Waals surface area contributed by atoms with Crippen molar-refractivity contribution < 1.29 is 12.8 Å². The normalized spacial score (nSPS) is 11.8. The Labute approximate surface area is 48.6 Å². The maximum atomic E-state index is 11.4. The van der Waals surface area contributed by atoms with Gasteiger partial charge in [-0.05, 0) is 6.42 Å². The standard InChI is InChI=1S/C4H9FO2S/c1-2-3-8(6,7)4-5/h2-4H2,1H3. The Hall–Kier alpha value is -0.120. The Morgan fingerprint density at radius 3 is 2.12 bits per heavy atom. The lowest BCUT2D eigenvalue weighted by Crippen LogP contribution is -2.05. The van der Waals surface area contributed by atoms with E-state index in [1.54, 1.807) is 6.92 Å². The number of hydrogen-bond acceptors (Lipinski definition) is 2. The van der Waals surface area contributed by atoms with Gasteiger partial charge in [0.2, 0.25) is 0 Å². The third kappa shape index (κ3) is 2.96. The van der Waals surface area contributed by atoms with Gasteiger partial charge in [0, 0.05) is 0 Å². The van der Waals surface area contributed by atoms with Crippen LogP contribution in [0.4, 0.5) is 4.39 Å². The fourth-order valence-electron chi connectivity index (χ4n) is 0.366. The van der Waals surface area contributed by atoms with E-state index in [1.165, 1.54) is 0 Å². The molecule has 4 heteroatoms. The predicted octanol–water partition coefficient (Wildman–Crippen LogP) is 0.738. The van der Waals surface area contributed by atoms with E-state index in [1.807, 2.05) is 0 Å². The lowest BCUT2D eigenvalue weighted by Gasteiger charge is -1.91. The highest BCUT2D eigenvalue weighted by atomic mass is 32.2. The van der Waals surface area contributed by atoms with E-state index >= 15 is 0 Å². The molecule has 0 aliphatic carbocycles. The summed E-state index contributed by atoms with van der Waals surface area (Å²) >= 11 is 0. The van der Waals surface area contributed by atoms with Crippen LogP contribution in [0.3, 0.4) is 0 Å². The minimum absolute atomic E-state index is 0.0382. The van der Waals surface area contributed by atoms with Crippen LogP contribution in [0.15, 0.2) is 0 Å². The Balaban J connectivity index is 3.76. The zero-order chi connectivity index (χ0) is 6.62. The van der Waals surface area contributed by atoms with Crippen LogP contribution in [-0.4, -0.2) is 20.2 Å². The maximum absolute atomic E-state index is 11.4. The Morgan fingerprint density at radius 1 is 1.50 bits per heavy atom. The molecular weight excluding hydrogens is 131 g/mol. The largest absolute Gasteiger partial charge is 0.234 e. The molecular formula is C4H9FO2S. The molecule has 0 spiro atoms. The molecule has 0 saturated carbocycles. The van der Waals surface area contributed by atoms with E-state index in [-0.39, 0.29) is 5.75 Å². The molecule has 0 atom stereocenters. The van der Waals surface area contributed by atoms with Crippen LogP contribution in [0, 0.1) is 0 Å². The summed E-state index contributed by atoms with van der Waals surface area (Å²) in [7, 11) is -3.34. The van der Waals surface area contributed by atoms with Gasteiger partial charge >= 0.3 is 0 Å². The van der Waals surface area contributed by atoms with Gasteiger partial charge in [-0.25, -0.2) is 12.8 Å². The van der Waals surface area contributed by atoms with Gasteiger partial charge in [-0.1, -0.05) is 6.92 Å². The first-order valence-electron chi connectivity index (χ1n) is 2.39. The first kappa shape index (κ1) is 7.88. The Bertz CT molecular complexity index is 138. The third-order valence-electron chi connectivity index (χ3n) is 0.681. The number of halogens is 1. The molecule has 0 unspecified atom stereocenters. The van der Waals surface area contributed by atoms with Gasteiger partial charge in [0.05, 0.1) is 5.75 Å². The average Bonchev–Trinajstić information content (AvgIpc) is 1.67. The van der Waals surface area contributed by atoms with Gasteiger partial charge in [-0.3, -0.25) is 0 Å². The van der Waals surface area contributed by atoms with Gasteiger partial charge in [-0.15, -0.1) is 0 Å². The fourth-order valence-corrected chi connectivity index (χ4v) is 1.10. The summed E-state index contributed by atoms with van der Waals surface area (Å²) < 4.78 is 31.8. The smallest absolute Gasteiger partial charge is 0.190 e. The number of rotatable bonds is 3. The molecule has 0 bridgehead atoms. The van der Waals surface area contributed by atoms with Crippen molar-refractivity contribution in [3.63, 3.8) is 0 Å². The van der Waals surface area contributed by atoms with Gasteiger partial charge in [0.15, 0.2) is 15.8 Å². The van der Waals surface area contributed by atoms with Crippen molar-refractivity contribution in [1.82, 2.24) is 0 Å². The van der Waals surface area contributed by atoms with E-state index in [0.717, 1.165) is 0 Å². The van der Waals surface area contributed by atoms with Crippen LogP contribution in [0.25, 0.3) is 0 Å². The highest BCUT2D eigenvalue weighted by molar-refractivity contribution is 7.91. The third-order valence-corrected chi connectivity index (χ3v) is 2.04. The number of sulfone groups is 1. The van der Waals surface area contributed by atoms with Crippen molar-refractivity contribution in [2.75, 3.05) is 11.8 Å². The van der Waals surface area contributed by atoms with Gasteiger partial charge in [0.25, 0.3) is 0 Å². The topological polar surface area (TPSA) is 34.1 Å². The molecule has 0 saturated heterocycles. The van der Waals surface area contributed by atoms with E-state index in [9.17, 15) is 12.8 Å². The van der Waals surface area contributed by atoms with E-state index in [2.05, 4.69) is 0 Å². The average molecular weight is 140 g/mol. The predicted molar refractivity (Wildman–Crippen MR) is 30.1 cm³/mol. The van der Waals surface area contributed by atoms with Crippen molar-refractivity contribution in [2.24, 2.45) is 0 Å². The molecule has 0 N–H and O–H groups in total. The quantitative estimate of drug-likeness (QED) is 0.579. The molecule has 0 aromatic heterocycles. The molecule has 0 aliphatic rings. The van der Waals surface area contributed by atoms with E-state index < -0.39 is 15.8 Å². The van der Waals surface area contributed by atoms with Crippen LogP contribution < -0.4 is 0 Å². The molecule has 0 rings (SSSR count). The molecule has 0 aliphatic heterocycles. The van der Waals surface area contributed by atoms with Crippen molar-refractivity contribution in [1.29, 1.82) is 0 Å². The summed E-state index contributed by atoms with van der Waals surface area (Å²) in [4.78, 5) is 0. The van der Waals surface area contributed by atoms with Gasteiger partial charge in [-0.2, -0.15) is 0 Å². The molecule has 0 radical (unpaired) electrons. The highest BCUT2D eigenvalue weighted by Crippen LogP contribution is 1.92. The first-order valence-corrected chi connectivity index (χ1v) is 4.21. The van der Waals surface area contributed by atoms with E-state index in [0.29, 0.717) is 6.42 Å². The Morgan fingerprint density at radius 2 is 2.00 bits per heavy atom. The minimum Gasteiger partial charge on any atom is -0.234 e. The number of hydrogen-bond donors (Lipinski definition) is 0. The maximum Gasteiger partial charge on any atom is 0.190 e. The molecule has 2 nitrogen and oxygen atoms in total. The zero-order valence-electron chi connectivity index (χ0n) is 4.72. The summed E-state index contributed by atoms with van der Waals surface area (Å²) in [6, 6.07) is -1.22. The lowest BCUT2D eigenvalue weighted by molar-refractivity contribution is 0.534. The van der Waals surface area contributed by atoms with Crippen molar-refractivity contribution in [3.05, 3.63) is 0 Å². The van der Waals surface area contributed by atoms with Crippen molar-refractivity contribution >= 4 is 9.84 Å². The van der Waals surface area contributed by atoms with Gasteiger partial charge in [0.1, 0.15) is 0 Å². The van der Waals surface area contributed by atoms with Crippen LogP contribution in [0.2, 0.25) is 0 Å². The molecule has 8 heavy (non-hydrogen) atoms.